The van der Waals surface area contributed by atoms with Crippen molar-refractivity contribution in [3.8, 4) is 5.75 Å². The summed E-state index contributed by atoms with van der Waals surface area (Å²) in [6, 6.07) is 18.4. The van der Waals surface area contributed by atoms with Crippen LogP contribution in [-0.4, -0.2) is 34.8 Å². The highest BCUT2D eigenvalue weighted by Crippen LogP contribution is 2.43. The molecule has 1 amide bonds. The first-order valence-electron chi connectivity index (χ1n) is 8.21. The van der Waals surface area contributed by atoms with Crippen LogP contribution >= 0.6 is 0 Å². The predicted octanol–water partition coefficient (Wildman–Crippen LogP) is 4.02. The maximum absolute atomic E-state index is 11.2. The van der Waals surface area contributed by atoms with Crippen LogP contribution in [-0.2, 0) is 0 Å². The molecular formula is C20H19NO3. The van der Waals surface area contributed by atoms with E-state index in [-0.39, 0.29) is 0 Å². The zero-order chi connectivity index (χ0) is 16.6. The zero-order valence-electron chi connectivity index (χ0n) is 13.3. The van der Waals surface area contributed by atoms with Gasteiger partial charge in [0.25, 0.3) is 0 Å². The first-order valence-corrected chi connectivity index (χ1v) is 8.21. The molecule has 122 valence electrons. The number of ether oxygens (including phenoxy) is 1. The van der Waals surface area contributed by atoms with Crippen molar-refractivity contribution in [2.75, 3.05) is 13.1 Å². The van der Waals surface area contributed by atoms with Gasteiger partial charge >= 0.3 is 6.09 Å². The van der Waals surface area contributed by atoms with Crippen molar-refractivity contribution in [3.63, 3.8) is 0 Å². The van der Waals surface area contributed by atoms with E-state index in [1.807, 2.05) is 36.4 Å². The van der Waals surface area contributed by atoms with Gasteiger partial charge in [-0.25, -0.2) is 4.79 Å². The number of hydrogen-bond donors (Lipinski definition) is 1. The third kappa shape index (κ3) is 2.54. The summed E-state index contributed by atoms with van der Waals surface area (Å²) in [7, 11) is 0. The van der Waals surface area contributed by atoms with Crippen LogP contribution in [0.25, 0.3) is 5.57 Å². The van der Waals surface area contributed by atoms with Gasteiger partial charge in [-0.15, -0.1) is 0 Å². The molecule has 2 aromatic rings. The summed E-state index contributed by atoms with van der Waals surface area (Å²) in [5, 5.41) is 9.18. The van der Waals surface area contributed by atoms with E-state index in [0.717, 1.165) is 16.9 Å². The third-order valence-electron chi connectivity index (χ3n) is 4.86. The summed E-state index contributed by atoms with van der Waals surface area (Å²) in [4.78, 5) is 12.6. The standard InChI is InChI=1S/C20H19NO3/c22-19(23)21-12-10-20(11-13-21)14-17(15-6-2-1-3-7-15)16-8-4-5-9-18(16)24-20/h1-9,14H,10-13H2,(H,22,23). The number of hydrogen-bond acceptors (Lipinski definition) is 2. The zero-order valence-corrected chi connectivity index (χ0v) is 13.3. The Labute approximate surface area is 141 Å². The van der Waals surface area contributed by atoms with E-state index in [2.05, 4.69) is 24.3 Å². The van der Waals surface area contributed by atoms with Gasteiger partial charge in [-0.1, -0.05) is 48.5 Å². The normalized spacial score (nSPS) is 18.5. The molecule has 0 bridgehead atoms. The lowest BCUT2D eigenvalue weighted by Gasteiger charge is -2.42. The Hall–Kier alpha value is -2.75. The Morgan fingerprint density at radius 2 is 1.67 bits per heavy atom. The molecule has 0 atom stereocenters. The third-order valence-corrected chi connectivity index (χ3v) is 4.86. The Morgan fingerprint density at radius 1 is 1.00 bits per heavy atom. The highest BCUT2D eigenvalue weighted by molar-refractivity contribution is 5.84. The van der Waals surface area contributed by atoms with Crippen molar-refractivity contribution >= 4 is 11.7 Å². The summed E-state index contributed by atoms with van der Waals surface area (Å²) in [6.45, 7) is 0.992. The number of fused-ring (bicyclic) bond motifs is 1. The molecule has 4 heteroatoms. The first kappa shape index (κ1) is 14.8. The minimum Gasteiger partial charge on any atom is -0.482 e. The number of rotatable bonds is 1. The number of benzene rings is 2. The van der Waals surface area contributed by atoms with E-state index >= 15 is 0 Å². The minimum atomic E-state index is -0.853. The lowest BCUT2D eigenvalue weighted by Crippen LogP contribution is -2.49. The highest BCUT2D eigenvalue weighted by atomic mass is 16.5. The molecular weight excluding hydrogens is 302 g/mol. The summed E-state index contributed by atoms with van der Waals surface area (Å²) >= 11 is 0. The van der Waals surface area contributed by atoms with Crippen LogP contribution in [0.3, 0.4) is 0 Å². The number of piperidine rings is 1. The molecule has 2 heterocycles. The number of amides is 1. The predicted molar refractivity (Wildman–Crippen MR) is 92.2 cm³/mol. The molecule has 1 saturated heterocycles. The van der Waals surface area contributed by atoms with Gasteiger partial charge in [0, 0.05) is 31.5 Å². The molecule has 24 heavy (non-hydrogen) atoms. The Balaban J connectivity index is 1.75. The van der Waals surface area contributed by atoms with Crippen LogP contribution in [0.4, 0.5) is 4.79 Å². The Morgan fingerprint density at radius 3 is 2.38 bits per heavy atom. The smallest absolute Gasteiger partial charge is 0.407 e. The maximum Gasteiger partial charge on any atom is 0.407 e. The average molecular weight is 321 g/mol. The fraction of sp³-hybridized carbons (Fsp3) is 0.250. The average Bonchev–Trinajstić information content (AvgIpc) is 2.62. The molecule has 2 aromatic carbocycles. The second-order valence-corrected chi connectivity index (χ2v) is 6.36. The van der Waals surface area contributed by atoms with Gasteiger partial charge in [0.15, 0.2) is 0 Å². The fourth-order valence-electron chi connectivity index (χ4n) is 3.55. The van der Waals surface area contributed by atoms with E-state index in [9.17, 15) is 9.90 Å². The summed E-state index contributed by atoms with van der Waals surface area (Å²) in [6.07, 6.45) is 2.69. The first-order chi connectivity index (χ1) is 11.7. The van der Waals surface area contributed by atoms with Gasteiger partial charge in [0.05, 0.1) is 0 Å². The van der Waals surface area contributed by atoms with Gasteiger partial charge < -0.3 is 14.7 Å². The molecule has 0 unspecified atom stereocenters. The van der Waals surface area contributed by atoms with Crippen molar-refractivity contribution in [2.24, 2.45) is 0 Å². The molecule has 2 aliphatic heterocycles. The molecule has 2 aliphatic rings. The van der Waals surface area contributed by atoms with Gasteiger partial charge in [-0.2, -0.15) is 0 Å². The second-order valence-electron chi connectivity index (χ2n) is 6.36. The van der Waals surface area contributed by atoms with Gasteiger partial charge in [-0.05, 0) is 23.3 Å². The molecule has 1 N–H and O–H groups in total. The number of likely N-dealkylation sites (tertiary alicyclic amines) is 1. The molecule has 4 nitrogen and oxygen atoms in total. The topological polar surface area (TPSA) is 49.8 Å². The van der Waals surface area contributed by atoms with E-state index in [1.54, 1.807) is 0 Å². The highest BCUT2D eigenvalue weighted by Gasteiger charge is 2.39. The van der Waals surface area contributed by atoms with Crippen molar-refractivity contribution in [3.05, 3.63) is 71.8 Å². The van der Waals surface area contributed by atoms with Crippen molar-refractivity contribution in [1.29, 1.82) is 0 Å². The summed E-state index contributed by atoms with van der Waals surface area (Å²) in [5.74, 6) is 0.877. The molecule has 1 fully saturated rings. The van der Waals surface area contributed by atoms with E-state index in [0.29, 0.717) is 25.9 Å². The minimum absolute atomic E-state index is 0.425. The Bertz CT molecular complexity index is 790. The van der Waals surface area contributed by atoms with Crippen LogP contribution in [0, 0.1) is 0 Å². The number of nitrogens with zero attached hydrogens (tertiary/aromatic N) is 1. The lowest BCUT2D eigenvalue weighted by molar-refractivity contribution is 0.0397. The van der Waals surface area contributed by atoms with Gasteiger partial charge in [0.1, 0.15) is 11.4 Å². The van der Waals surface area contributed by atoms with Crippen LogP contribution < -0.4 is 4.74 Å². The summed E-state index contributed by atoms with van der Waals surface area (Å²) in [5.41, 5.74) is 3.00. The molecule has 0 radical (unpaired) electrons. The quantitative estimate of drug-likeness (QED) is 0.863. The van der Waals surface area contributed by atoms with Gasteiger partial charge in [0.2, 0.25) is 0 Å². The SMILES string of the molecule is O=C(O)N1CCC2(C=C(c3ccccc3)c3ccccc3O2)CC1. The second kappa shape index (κ2) is 5.71. The van der Waals surface area contributed by atoms with Crippen molar-refractivity contribution in [1.82, 2.24) is 4.90 Å². The molecule has 4 rings (SSSR count). The maximum atomic E-state index is 11.2. The van der Waals surface area contributed by atoms with Crippen LogP contribution in [0.1, 0.15) is 24.0 Å². The van der Waals surface area contributed by atoms with Crippen LogP contribution in [0.5, 0.6) is 5.75 Å². The fourth-order valence-corrected chi connectivity index (χ4v) is 3.55. The molecule has 0 aliphatic carbocycles. The number of para-hydroxylation sites is 1. The molecule has 0 saturated carbocycles. The molecule has 0 aromatic heterocycles. The van der Waals surface area contributed by atoms with Gasteiger partial charge in [-0.3, -0.25) is 0 Å². The summed E-state index contributed by atoms with van der Waals surface area (Å²) < 4.78 is 6.34. The monoisotopic (exact) mass is 321 g/mol. The lowest BCUT2D eigenvalue weighted by atomic mass is 9.83. The van der Waals surface area contributed by atoms with E-state index < -0.39 is 11.7 Å². The number of carboxylic acid groups (broad SMARTS) is 1. The Kier molecular flexibility index (Phi) is 3.53. The van der Waals surface area contributed by atoms with E-state index in [1.165, 1.54) is 10.5 Å². The van der Waals surface area contributed by atoms with Crippen LogP contribution in [0.2, 0.25) is 0 Å². The molecule has 1 spiro atoms. The van der Waals surface area contributed by atoms with Crippen LogP contribution in [0.15, 0.2) is 60.7 Å². The largest absolute Gasteiger partial charge is 0.482 e. The van der Waals surface area contributed by atoms with Crippen molar-refractivity contribution in [2.45, 2.75) is 18.4 Å². The van der Waals surface area contributed by atoms with E-state index in [4.69, 9.17) is 4.74 Å². The van der Waals surface area contributed by atoms with Crippen molar-refractivity contribution < 1.29 is 14.6 Å². The number of carbonyl (C=O) groups is 1.